The molecule has 16 heteroatoms. The number of thiazole rings is 1. The number of hydrogen-bond acceptors (Lipinski definition) is 10. The van der Waals surface area contributed by atoms with Crippen molar-refractivity contribution in [2.24, 2.45) is 11.8 Å². The van der Waals surface area contributed by atoms with Gasteiger partial charge < -0.3 is 19.9 Å². The Kier molecular flexibility index (Phi) is 13.0. The first-order chi connectivity index (χ1) is 27.0. The van der Waals surface area contributed by atoms with Crippen molar-refractivity contribution in [3.63, 3.8) is 0 Å². The Morgan fingerprint density at radius 3 is 2.18 bits per heavy atom. The van der Waals surface area contributed by atoms with Crippen LogP contribution in [0.2, 0.25) is 0 Å². The molecule has 0 saturated carbocycles. The number of aromatic nitrogens is 1. The minimum absolute atomic E-state index is 0.00000213. The van der Waals surface area contributed by atoms with Crippen LogP contribution >= 0.6 is 11.3 Å². The highest BCUT2D eigenvalue weighted by Crippen LogP contribution is 2.50. The maximum absolute atomic E-state index is 14.2. The molecule has 57 heavy (non-hydrogen) atoms. The second-order valence-corrected chi connectivity index (χ2v) is 20.0. The number of carboxylic acid groups (broad SMARTS) is 1. The van der Waals surface area contributed by atoms with Gasteiger partial charge in [0.2, 0.25) is 15.9 Å². The monoisotopic (exact) mass is 836 g/mol. The number of carbonyl (C=O) groups is 2. The Hall–Kier alpha value is -4.45. The summed E-state index contributed by atoms with van der Waals surface area (Å²) in [6, 6.07) is 23.0. The average Bonchev–Trinajstić information content (AvgIpc) is 3.66. The van der Waals surface area contributed by atoms with Crippen molar-refractivity contribution in [3.05, 3.63) is 102 Å². The summed E-state index contributed by atoms with van der Waals surface area (Å²) < 4.78 is 70.4. The van der Waals surface area contributed by atoms with Crippen LogP contribution in [0.15, 0.2) is 100 Å². The lowest BCUT2D eigenvalue weighted by Crippen LogP contribution is -2.50. The number of piperazine rings is 1. The van der Waals surface area contributed by atoms with Crippen molar-refractivity contribution in [1.82, 2.24) is 13.6 Å². The first-order valence-electron chi connectivity index (χ1n) is 18.7. The third kappa shape index (κ3) is 9.65. The van der Waals surface area contributed by atoms with E-state index in [0.29, 0.717) is 12.0 Å². The molecule has 0 spiro atoms. The Bertz CT molecular complexity index is 2310. The highest BCUT2D eigenvalue weighted by atomic mass is 32.2. The first kappa shape index (κ1) is 42.2. The van der Waals surface area contributed by atoms with Crippen LogP contribution in [0.4, 0.5) is 5.13 Å². The lowest BCUT2D eigenvalue weighted by molar-refractivity contribution is -0.139. The van der Waals surface area contributed by atoms with E-state index < -0.39 is 38.7 Å². The van der Waals surface area contributed by atoms with E-state index in [1.807, 2.05) is 25.1 Å². The van der Waals surface area contributed by atoms with Gasteiger partial charge in [-0.15, -0.1) is 0 Å². The predicted octanol–water partition coefficient (Wildman–Crippen LogP) is 6.78. The second kappa shape index (κ2) is 17.6. The van der Waals surface area contributed by atoms with Gasteiger partial charge in [-0.25, -0.2) is 26.6 Å². The molecule has 2 aliphatic rings. The summed E-state index contributed by atoms with van der Waals surface area (Å²) in [6.45, 7) is 10.7. The Morgan fingerprint density at radius 2 is 1.58 bits per heavy atom. The molecule has 0 bridgehead atoms. The summed E-state index contributed by atoms with van der Waals surface area (Å²) in [6.07, 6.45) is 1.58. The van der Waals surface area contributed by atoms with Crippen LogP contribution in [-0.2, 0) is 34.4 Å². The summed E-state index contributed by atoms with van der Waals surface area (Å²) in [4.78, 5) is 27.0. The van der Waals surface area contributed by atoms with E-state index in [0.717, 1.165) is 40.0 Å². The minimum atomic E-state index is -4.16. The number of benzene rings is 3. The Morgan fingerprint density at radius 1 is 0.947 bits per heavy atom. The van der Waals surface area contributed by atoms with Gasteiger partial charge in [0.15, 0.2) is 15.9 Å². The molecule has 0 radical (unpaired) electrons. The molecule has 4 atom stereocenters. The molecule has 2 fully saturated rings. The lowest BCUT2D eigenvalue weighted by Gasteiger charge is -2.44. The third-order valence-corrected chi connectivity index (χ3v) is 15.4. The summed E-state index contributed by atoms with van der Waals surface area (Å²) in [5.74, 6) is -1.38. The van der Waals surface area contributed by atoms with Gasteiger partial charge in [0.05, 0.1) is 23.3 Å². The number of nitrogens with zero attached hydrogens (tertiary/aromatic N) is 3. The number of nitrogens with one attached hydrogen (secondary N) is 1. The summed E-state index contributed by atoms with van der Waals surface area (Å²) in [7, 11) is -8.15. The fourth-order valence-electron chi connectivity index (χ4n) is 7.46. The van der Waals surface area contributed by atoms with Crippen molar-refractivity contribution >= 4 is 48.4 Å². The van der Waals surface area contributed by atoms with Crippen LogP contribution in [0.5, 0.6) is 5.75 Å². The molecule has 13 nitrogen and oxygen atoms in total. The minimum Gasteiger partial charge on any atom is -0.482 e. The number of aliphatic carboxylic acids is 1. The second-order valence-electron chi connectivity index (χ2n) is 14.9. The van der Waals surface area contributed by atoms with Gasteiger partial charge >= 0.3 is 5.97 Å². The first-order valence-corrected chi connectivity index (χ1v) is 22.4. The summed E-state index contributed by atoms with van der Waals surface area (Å²) >= 11 is 0.820. The molecule has 2 aliphatic heterocycles. The van der Waals surface area contributed by atoms with Crippen molar-refractivity contribution in [1.29, 1.82) is 0 Å². The molecule has 1 aromatic heterocycles. The molecule has 4 aromatic rings. The van der Waals surface area contributed by atoms with Crippen LogP contribution in [0.1, 0.15) is 63.7 Å². The number of hydrogen-bond donors (Lipinski definition) is 2. The van der Waals surface area contributed by atoms with Gasteiger partial charge in [0.1, 0.15) is 5.75 Å². The van der Waals surface area contributed by atoms with Crippen molar-refractivity contribution < 1.29 is 41.0 Å². The van der Waals surface area contributed by atoms with Gasteiger partial charge in [-0.1, -0.05) is 91.9 Å². The molecule has 0 aliphatic carbocycles. The number of sulfonamides is 2. The maximum Gasteiger partial charge on any atom is 0.341 e. The van der Waals surface area contributed by atoms with Crippen LogP contribution in [0.3, 0.4) is 0 Å². The molecule has 2 saturated heterocycles. The van der Waals surface area contributed by atoms with E-state index in [2.05, 4.69) is 67.1 Å². The van der Waals surface area contributed by atoms with E-state index in [9.17, 15) is 31.5 Å². The molecule has 0 unspecified atom stereocenters. The molecule has 2 N–H and O–H groups in total. The van der Waals surface area contributed by atoms with E-state index >= 15 is 0 Å². The fourth-order valence-corrected chi connectivity index (χ4v) is 11.6. The van der Waals surface area contributed by atoms with Crippen LogP contribution in [0, 0.1) is 11.8 Å². The van der Waals surface area contributed by atoms with E-state index in [1.54, 1.807) is 0 Å². The average molecular weight is 837 g/mol. The molecule has 304 valence electrons. The van der Waals surface area contributed by atoms with E-state index in [1.165, 1.54) is 39.9 Å². The van der Waals surface area contributed by atoms with Crippen LogP contribution in [-0.4, -0.2) is 86.3 Å². The number of amides is 1. The topological polar surface area (TPSA) is 173 Å². The van der Waals surface area contributed by atoms with Crippen LogP contribution in [0.25, 0.3) is 11.1 Å². The SMILES string of the molecule is C=C(C)[C@@H]1C[C@@H](c2ccc(-c3ccccc3)cc2)[C@@H](CC(C)C)O[C@H]1c1cc(S(=O)(=O)N2CCN(S(=O)(=O)c3cnc(NC(C)=O)s3)CC2)ccc1OCC(=O)O. The number of anilines is 1. The van der Waals surface area contributed by atoms with Gasteiger partial charge in [-0.3, -0.25) is 4.79 Å². The van der Waals surface area contributed by atoms with Crippen molar-refractivity contribution in [2.75, 3.05) is 38.1 Å². The molecule has 1 amide bonds. The Labute approximate surface area is 338 Å². The summed E-state index contributed by atoms with van der Waals surface area (Å²) in [5.41, 5.74) is 4.57. The highest BCUT2D eigenvalue weighted by Gasteiger charge is 2.42. The zero-order valence-corrected chi connectivity index (χ0v) is 34.8. The highest BCUT2D eigenvalue weighted by molar-refractivity contribution is 7.91. The quantitative estimate of drug-likeness (QED) is 0.129. The number of ether oxygens (including phenoxy) is 2. The number of rotatable bonds is 14. The van der Waals surface area contributed by atoms with E-state index in [-0.39, 0.29) is 75.9 Å². The number of carbonyl (C=O) groups excluding carboxylic acids is 1. The third-order valence-electron chi connectivity index (χ3n) is 10.3. The zero-order chi connectivity index (χ0) is 41.1. The standard InChI is InChI=1S/C41H48N4O9S3/c1-26(2)21-37-34(31-13-11-30(12-14-31)29-9-7-6-8-10-29)23-33(27(3)4)40(54-37)35-22-32(15-16-36(35)53-25-38(47)48)56(49,50)44-17-19-45(20-18-44)57(51,52)39-24-42-41(55-39)43-28(5)46/h6-16,22,24,26,33-34,37,40H,3,17-21,23,25H2,1-2,4-5H3,(H,47,48)(H,42,43,46)/t33-,34-,37+,40+/m0/s1. The summed E-state index contributed by atoms with van der Waals surface area (Å²) in [5, 5.41) is 12.1. The fraction of sp³-hybridized carbons (Fsp3) is 0.390. The van der Waals surface area contributed by atoms with Crippen molar-refractivity contribution in [3.8, 4) is 16.9 Å². The van der Waals surface area contributed by atoms with Crippen molar-refractivity contribution in [2.45, 2.75) is 67.8 Å². The van der Waals surface area contributed by atoms with Gasteiger partial charge in [-0.2, -0.15) is 8.61 Å². The molecular weight excluding hydrogens is 789 g/mol. The molecular formula is C41H48N4O9S3. The molecule has 6 rings (SSSR count). The smallest absolute Gasteiger partial charge is 0.341 e. The van der Waals surface area contributed by atoms with E-state index in [4.69, 9.17) is 9.47 Å². The zero-order valence-electron chi connectivity index (χ0n) is 32.3. The van der Waals surface area contributed by atoms with Gasteiger partial charge in [0, 0.05) is 50.5 Å². The van der Waals surface area contributed by atoms with Gasteiger partial charge in [-0.05, 0) is 60.6 Å². The van der Waals surface area contributed by atoms with Gasteiger partial charge in [0.25, 0.3) is 10.0 Å². The molecule has 3 aromatic carbocycles. The lowest BCUT2D eigenvalue weighted by atomic mass is 9.74. The predicted molar refractivity (Wildman–Crippen MR) is 218 cm³/mol. The normalized spacial score (nSPS) is 20.9. The number of carboxylic acids is 1. The van der Waals surface area contributed by atoms with Crippen LogP contribution < -0.4 is 10.1 Å². The largest absolute Gasteiger partial charge is 0.482 e. The molecule has 3 heterocycles. The maximum atomic E-state index is 14.2. The Balaban J connectivity index is 1.28.